The van der Waals surface area contributed by atoms with Crippen molar-refractivity contribution in [3.8, 4) is 11.8 Å². The topological polar surface area (TPSA) is 67.9 Å². The summed E-state index contributed by atoms with van der Waals surface area (Å²) in [6, 6.07) is 17.8. The predicted octanol–water partition coefficient (Wildman–Crippen LogP) is 3.10. The Balaban J connectivity index is 1.61. The Morgan fingerprint density at radius 1 is 1.13 bits per heavy atom. The summed E-state index contributed by atoms with van der Waals surface area (Å²) in [5, 5.41) is 12.9. The summed E-state index contributed by atoms with van der Waals surface area (Å²) < 4.78 is 7.03. The second-order valence-corrected chi connectivity index (χ2v) is 4.88. The molecule has 0 aliphatic rings. The van der Waals surface area contributed by atoms with E-state index in [-0.39, 0.29) is 6.61 Å². The van der Waals surface area contributed by atoms with E-state index in [2.05, 4.69) is 5.10 Å². The molecule has 1 aromatic heterocycles. The van der Waals surface area contributed by atoms with Crippen molar-refractivity contribution in [2.75, 3.05) is 0 Å². The zero-order valence-corrected chi connectivity index (χ0v) is 12.2. The Hall–Kier alpha value is -3.39. The molecule has 3 aromatic rings. The maximum atomic E-state index is 12.0. The maximum absolute atomic E-state index is 12.0. The van der Waals surface area contributed by atoms with E-state index in [0.29, 0.717) is 11.1 Å². The second kappa shape index (κ2) is 6.58. The molecule has 0 spiro atoms. The predicted molar refractivity (Wildman–Crippen MR) is 83.8 cm³/mol. The molecule has 0 bridgehead atoms. The molecule has 0 radical (unpaired) electrons. The number of esters is 1. The molecule has 112 valence electrons. The van der Waals surface area contributed by atoms with Gasteiger partial charge in [0.25, 0.3) is 0 Å². The Kier molecular flexibility index (Phi) is 4.16. The van der Waals surface area contributed by atoms with Gasteiger partial charge in [0, 0.05) is 12.4 Å². The fourth-order valence-corrected chi connectivity index (χ4v) is 2.08. The molecule has 0 saturated heterocycles. The van der Waals surface area contributed by atoms with E-state index in [4.69, 9.17) is 10.00 Å². The van der Waals surface area contributed by atoms with Crippen molar-refractivity contribution >= 4 is 5.97 Å². The van der Waals surface area contributed by atoms with Crippen molar-refractivity contribution in [2.24, 2.45) is 0 Å². The first-order valence-electron chi connectivity index (χ1n) is 7.02. The van der Waals surface area contributed by atoms with Crippen LogP contribution in [0.4, 0.5) is 0 Å². The quantitative estimate of drug-likeness (QED) is 0.695. The van der Waals surface area contributed by atoms with Gasteiger partial charge in [0.2, 0.25) is 0 Å². The first kappa shape index (κ1) is 14.5. The third-order valence-electron chi connectivity index (χ3n) is 3.32. The zero-order chi connectivity index (χ0) is 16.1. The third kappa shape index (κ3) is 3.44. The lowest BCUT2D eigenvalue weighted by atomic mass is 10.1. The van der Waals surface area contributed by atoms with E-state index in [9.17, 15) is 4.79 Å². The van der Waals surface area contributed by atoms with Crippen LogP contribution < -0.4 is 0 Å². The van der Waals surface area contributed by atoms with Crippen LogP contribution in [0.1, 0.15) is 21.5 Å². The summed E-state index contributed by atoms with van der Waals surface area (Å²) in [4.78, 5) is 12.0. The van der Waals surface area contributed by atoms with Gasteiger partial charge in [-0.15, -0.1) is 0 Å². The normalized spacial score (nSPS) is 10.0. The molecule has 5 heteroatoms. The van der Waals surface area contributed by atoms with Crippen molar-refractivity contribution in [1.82, 2.24) is 9.78 Å². The fraction of sp³-hybridized carbons (Fsp3) is 0.0556. The van der Waals surface area contributed by atoms with Crippen LogP contribution in [0.25, 0.3) is 5.69 Å². The summed E-state index contributed by atoms with van der Waals surface area (Å²) in [6.07, 6.45) is 3.58. The van der Waals surface area contributed by atoms with Crippen molar-refractivity contribution in [1.29, 1.82) is 5.26 Å². The van der Waals surface area contributed by atoms with Crippen molar-refractivity contribution in [3.05, 3.63) is 83.7 Å². The standard InChI is InChI=1S/C18H13N3O2/c19-12-14-2-6-16(7-3-14)18(22)23-13-15-4-8-17(9-5-15)21-11-1-10-20-21/h1-11H,13H2. The molecule has 3 rings (SSSR count). The van der Waals surface area contributed by atoms with Crippen LogP contribution in [0.2, 0.25) is 0 Å². The lowest BCUT2D eigenvalue weighted by Gasteiger charge is -2.06. The highest BCUT2D eigenvalue weighted by atomic mass is 16.5. The largest absolute Gasteiger partial charge is 0.457 e. The van der Waals surface area contributed by atoms with Gasteiger partial charge in [-0.25, -0.2) is 9.48 Å². The zero-order valence-electron chi connectivity index (χ0n) is 12.2. The number of nitriles is 1. The van der Waals surface area contributed by atoms with Gasteiger partial charge < -0.3 is 4.74 Å². The number of benzene rings is 2. The van der Waals surface area contributed by atoms with Crippen LogP contribution in [0.3, 0.4) is 0 Å². The number of carbonyl (C=O) groups excluding carboxylic acids is 1. The molecule has 0 aliphatic carbocycles. The lowest BCUT2D eigenvalue weighted by Crippen LogP contribution is -2.05. The molecular weight excluding hydrogens is 290 g/mol. The van der Waals surface area contributed by atoms with Gasteiger partial charge in [-0.3, -0.25) is 0 Å². The Morgan fingerprint density at radius 3 is 2.48 bits per heavy atom. The van der Waals surface area contributed by atoms with Crippen LogP contribution in [0, 0.1) is 11.3 Å². The van der Waals surface area contributed by atoms with Crippen molar-refractivity contribution < 1.29 is 9.53 Å². The molecular formula is C18H13N3O2. The van der Waals surface area contributed by atoms with Gasteiger partial charge in [0.1, 0.15) is 6.61 Å². The van der Waals surface area contributed by atoms with E-state index in [0.717, 1.165) is 11.3 Å². The summed E-state index contributed by atoms with van der Waals surface area (Å²) >= 11 is 0. The lowest BCUT2D eigenvalue weighted by molar-refractivity contribution is 0.0472. The summed E-state index contributed by atoms with van der Waals surface area (Å²) in [5.41, 5.74) is 2.77. The first-order chi connectivity index (χ1) is 11.3. The molecule has 0 fully saturated rings. The number of nitrogens with zero attached hydrogens (tertiary/aromatic N) is 3. The molecule has 0 unspecified atom stereocenters. The van der Waals surface area contributed by atoms with Gasteiger partial charge in [0.05, 0.1) is 22.9 Å². The molecule has 23 heavy (non-hydrogen) atoms. The number of carbonyl (C=O) groups is 1. The van der Waals surface area contributed by atoms with Gasteiger partial charge >= 0.3 is 5.97 Å². The first-order valence-corrected chi connectivity index (χ1v) is 7.02. The van der Waals surface area contributed by atoms with Crippen LogP contribution in [-0.4, -0.2) is 15.7 Å². The fourth-order valence-electron chi connectivity index (χ4n) is 2.08. The van der Waals surface area contributed by atoms with E-state index in [1.807, 2.05) is 42.6 Å². The molecule has 0 saturated carbocycles. The maximum Gasteiger partial charge on any atom is 0.338 e. The minimum absolute atomic E-state index is 0.193. The van der Waals surface area contributed by atoms with E-state index in [1.165, 1.54) is 0 Å². The highest BCUT2D eigenvalue weighted by Gasteiger charge is 2.07. The second-order valence-electron chi connectivity index (χ2n) is 4.88. The SMILES string of the molecule is N#Cc1ccc(C(=O)OCc2ccc(-n3cccn3)cc2)cc1. The molecule has 0 aliphatic heterocycles. The summed E-state index contributed by atoms with van der Waals surface area (Å²) in [5.74, 6) is -0.411. The molecule has 0 amide bonds. The number of ether oxygens (including phenoxy) is 1. The Morgan fingerprint density at radius 2 is 1.87 bits per heavy atom. The molecule has 0 N–H and O–H groups in total. The van der Waals surface area contributed by atoms with Crippen molar-refractivity contribution in [2.45, 2.75) is 6.61 Å². The minimum Gasteiger partial charge on any atom is -0.457 e. The van der Waals surface area contributed by atoms with Gasteiger partial charge in [-0.2, -0.15) is 10.4 Å². The van der Waals surface area contributed by atoms with Crippen molar-refractivity contribution in [3.63, 3.8) is 0 Å². The molecule has 1 heterocycles. The number of hydrogen-bond donors (Lipinski definition) is 0. The van der Waals surface area contributed by atoms with E-state index < -0.39 is 5.97 Å². The molecule has 0 atom stereocenters. The average Bonchev–Trinajstić information content (AvgIpc) is 3.15. The van der Waals surface area contributed by atoms with Gasteiger partial charge in [-0.1, -0.05) is 12.1 Å². The molecule has 2 aromatic carbocycles. The summed E-state index contributed by atoms with van der Waals surface area (Å²) in [7, 11) is 0. The number of rotatable bonds is 4. The van der Waals surface area contributed by atoms with Crippen LogP contribution in [-0.2, 0) is 11.3 Å². The number of hydrogen-bond acceptors (Lipinski definition) is 4. The van der Waals surface area contributed by atoms with Crippen LogP contribution >= 0.6 is 0 Å². The highest BCUT2D eigenvalue weighted by Crippen LogP contribution is 2.11. The van der Waals surface area contributed by atoms with Crippen LogP contribution in [0.15, 0.2) is 67.0 Å². The Labute approximate surface area is 133 Å². The smallest absolute Gasteiger partial charge is 0.338 e. The average molecular weight is 303 g/mol. The van der Waals surface area contributed by atoms with Gasteiger partial charge in [0.15, 0.2) is 0 Å². The third-order valence-corrected chi connectivity index (χ3v) is 3.32. The summed E-state index contributed by atoms with van der Waals surface area (Å²) in [6.45, 7) is 0.193. The minimum atomic E-state index is -0.411. The van der Waals surface area contributed by atoms with E-state index in [1.54, 1.807) is 35.1 Å². The van der Waals surface area contributed by atoms with Crippen LogP contribution in [0.5, 0.6) is 0 Å². The Bertz CT molecular complexity index is 829. The monoisotopic (exact) mass is 303 g/mol. The van der Waals surface area contributed by atoms with Gasteiger partial charge in [-0.05, 0) is 48.0 Å². The molecule has 5 nitrogen and oxygen atoms in total. The number of aromatic nitrogens is 2. The van der Waals surface area contributed by atoms with E-state index >= 15 is 0 Å². The highest BCUT2D eigenvalue weighted by molar-refractivity contribution is 5.89.